The van der Waals surface area contributed by atoms with Gasteiger partial charge in [-0.1, -0.05) is 23.2 Å². The third-order valence-electron chi connectivity index (χ3n) is 4.16. The summed E-state index contributed by atoms with van der Waals surface area (Å²) in [6.45, 7) is 0.577. The van der Waals surface area contributed by atoms with E-state index in [2.05, 4.69) is 27.4 Å². The second kappa shape index (κ2) is 6.56. The summed E-state index contributed by atoms with van der Waals surface area (Å²) in [6, 6.07) is 13.7. The smallest absolute Gasteiger partial charge is 0.130 e. The molecule has 0 aliphatic carbocycles. The Morgan fingerprint density at radius 3 is 2.60 bits per heavy atom. The minimum Gasteiger partial charge on any atom is -0.354 e. The molecule has 0 aliphatic rings. The number of halogens is 2. The Balaban J connectivity index is 1.87. The van der Waals surface area contributed by atoms with Gasteiger partial charge in [-0.15, -0.1) is 0 Å². The zero-order chi connectivity index (χ0) is 17.4. The molecule has 0 radical (unpaired) electrons. The fraction of sp³-hybridized carbons (Fsp3) is 0.105. The first kappa shape index (κ1) is 16.2. The van der Waals surface area contributed by atoms with E-state index in [0.717, 1.165) is 45.3 Å². The molecule has 0 amide bonds. The van der Waals surface area contributed by atoms with Crippen LogP contribution in [0.3, 0.4) is 0 Å². The van der Waals surface area contributed by atoms with E-state index in [4.69, 9.17) is 28.9 Å². The Hall–Kier alpha value is -2.27. The highest BCUT2D eigenvalue weighted by Crippen LogP contribution is 2.33. The average Bonchev–Trinajstić information content (AvgIpc) is 2.96. The van der Waals surface area contributed by atoms with Crippen molar-refractivity contribution < 1.29 is 0 Å². The molecule has 126 valence electrons. The summed E-state index contributed by atoms with van der Waals surface area (Å²) in [5, 5.41) is 6.86. The van der Waals surface area contributed by atoms with Crippen LogP contribution in [0.15, 0.2) is 48.7 Å². The number of benzene rings is 2. The number of aromatic nitrogens is 2. The van der Waals surface area contributed by atoms with E-state index in [9.17, 15) is 0 Å². The molecule has 2 heterocycles. The Kier molecular flexibility index (Phi) is 4.25. The van der Waals surface area contributed by atoms with Gasteiger partial charge in [0, 0.05) is 38.7 Å². The molecule has 4 rings (SSSR count). The van der Waals surface area contributed by atoms with Crippen molar-refractivity contribution in [2.24, 2.45) is 5.73 Å². The molecule has 4 aromatic rings. The predicted octanol–water partition coefficient (Wildman–Crippen LogP) is 5.27. The fourth-order valence-electron chi connectivity index (χ4n) is 3.07. The number of H-pyrrole nitrogens is 1. The van der Waals surface area contributed by atoms with Gasteiger partial charge in [-0.05, 0) is 61.0 Å². The van der Waals surface area contributed by atoms with Crippen LogP contribution in [0.25, 0.3) is 21.8 Å². The van der Waals surface area contributed by atoms with Gasteiger partial charge in [-0.3, -0.25) is 0 Å². The quantitative estimate of drug-likeness (QED) is 0.458. The van der Waals surface area contributed by atoms with E-state index in [1.54, 1.807) is 6.20 Å². The molecule has 4 N–H and O–H groups in total. The highest BCUT2D eigenvalue weighted by atomic mass is 35.5. The molecule has 25 heavy (non-hydrogen) atoms. The highest BCUT2D eigenvalue weighted by molar-refractivity contribution is 6.32. The van der Waals surface area contributed by atoms with Crippen molar-refractivity contribution in [1.29, 1.82) is 0 Å². The fourth-order valence-corrected chi connectivity index (χ4v) is 3.35. The Morgan fingerprint density at radius 1 is 1.00 bits per heavy atom. The van der Waals surface area contributed by atoms with Gasteiger partial charge >= 0.3 is 0 Å². The summed E-state index contributed by atoms with van der Waals surface area (Å²) in [6.07, 6.45) is 2.40. The first-order valence-corrected chi connectivity index (χ1v) is 8.72. The molecule has 0 aliphatic heterocycles. The SMILES string of the molecule is NCCc1cc(Nc2ccc(Cl)cn2)cc2c1[nH]c1ccc(Cl)cc12. The Labute approximate surface area is 155 Å². The van der Waals surface area contributed by atoms with Crippen LogP contribution in [0.1, 0.15) is 5.56 Å². The van der Waals surface area contributed by atoms with Gasteiger partial charge in [0.2, 0.25) is 0 Å². The largest absolute Gasteiger partial charge is 0.354 e. The second-order valence-electron chi connectivity index (χ2n) is 5.90. The standard InChI is InChI=1S/C19H16Cl2N4/c20-12-1-3-17-15(8-12)16-9-14(7-11(5-6-22)19(16)25-17)24-18-4-2-13(21)10-23-18/h1-4,7-10,25H,5-6,22H2,(H,23,24). The molecule has 0 saturated carbocycles. The molecular formula is C19H16Cl2N4. The monoisotopic (exact) mass is 370 g/mol. The third kappa shape index (κ3) is 3.16. The third-order valence-corrected chi connectivity index (χ3v) is 4.62. The van der Waals surface area contributed by atoms with Crippen LogP contribution in [0.4, 0.5) is 11.5 Å². The molecule has 0 spiro atoms. The molecule has 4 nitrogen and oxygen atoms in total. The first-order valence-electron chi connectivity index (χ1n) is 7.96. The summed E-state index contributed by atoms with van der Waals surface area (Å²) in [5.41, 5.74) is 10.1. The first-order chi connectivity index (χ1) is 12.1. The minimum atomic E-state index is 0.577. The Morgan fingerprint density at radius 2 is 1.84 bits per heavy atom. The van der Waals surface area contributed by atoms with Crippen LogP contribution in [0.5, 0.6) is 0 Å². The van der Waals surface area contributed by atoms with Gasteiger partial charge in [-0.2, -0.15) is 0 Å². The van der Waals surface area contributed by atoms with Crippen LogP contribution in [-0.4, -0.2) is 16.5 Å². The van der Waals surface area contributed by atoms with Crippen molar-refractivity contribution in [3.8, 4) is 0 Å². The molecular weight excluding hydrogens is 355 g/mol. The molecule has 2 aromatic heterocycles. The number of nitrogens with zero attached hydrogens (tertiary/aromatic N) is 1. The average molecular weight is 371 g/mol. The maximum atomic E-state index is 6.19. The molecule has 6 heteroatoms. The van der Waals surface area contributed by atoms with Gasteiger partial charge in [0.05, 0.1) is 5.02 Å². The summed E-state index contributed by atoms with van der Waals surface area (Å²) in [5.74, 6) is 0.736. The normalized spacial score (nSPS) is 11.3. The number of aromatic amines is 1. The second-order valence-corrected chi connectivity index (χ2v) is 6.77. The van der Waals surface area contributed by atoms with Gasteiger partial charge in [-0.25, -0.2) is 4.98 Å². The number of fused-ring (bicyclic) bond motifs is 3. The van der Waals surface area contributed by atoms with Crippen LogP contribution in [-0.2, 0) is 6.42 Å². The lowest BCUT2D eigenvalue weighted by molar-refractivity contribution is 0.975. The maximum Gasteiger partial charge on any atom is 0.130 e. The van der Waals surface area contributed by atoms with Crippen molar-refractivity contribution in [2.45, 2.75) is 6.42 Å². The van der Waals surface area contributed by atoms with Gasteiger partial charge in [0.1, 0.15) is 5.82 Å². The number of hydrogen-bond donors (Lipinski definition) is 3. The van der Waals surface area contributed by atoms with Crippen molar-refractivity contribution >= 4 is 56.5 Å². The molecule has 0 fully saturated rings. The minimum absolute atomic E-state index is 0.577. The van der Waals surface area contributed by atoms with E-state index in [0.29, 0.717) is 16.6 Å². The number of nitrogens with two attached hydrogens (primary N) is 1. The van der Waals surface area contributed by atoms with E-state index in [1.807, 2.05) is 30.3 Å². The Bertz CT molecular complexity index is 1050. The van der Waals surface area contributed by atoms with E-state index in [-0.39, 0.29) is 0 Å². The molecule has 0 unspecified atom stereocenters. The van der Waals surface area contributed by atoms with Crippen molar-refractivity contribution in [2.75, 3.05) is 11.9 Å². The number of anilines is 2. The number of rotatable bonds is 4. The summed E-state index contributed by atoms with van der Waals surface area (Å²) in [7, 11) is 0. The molecule has 0 atom stereocenters. The maximum absolute atomic E-state index is 6.19. The predicted molar refractivity (Wildman–Crippen MR) is 106 cm³/mol. The van der Waals surface area contributed by atoms with Crippen molar-refractivity contribution in [3.63, 3.8) is 0 Å². The van der Waals surface area contributed by atoms with E-state index >= 15 is 0 Å². The number of hydrogen-bond acceptors (Lipinski definition) is 3. The zero-order valence-electron chi connectivity index (χ0n) is 13.3. The van der Waals surface area contributed by atoms with E-state index < -0.39 is 0 Å². The number of pyridine rings is 1. The van der Waals surface area contributed by atoms with Crippen molar-refractivity contribution in [1.82, 2.24) is 9.97 Å². The lowest BCUT2D eigenvalue weighted by Gasteiger charge is -2.09. The summed E-state index contributed by atoms with van der Waals surface area (Å²) < 4.78 is 0. The van der Waals surface area contributed by atoms with Gasteiger partial charge in [0.25, 0.3) is 0 Å². The van der Waals surface area contributed by atoms with Crippen LogP contribution in [0.2, 0.25) is 10.0 Å². The van der Waals surface area contributed by atoms with Crippen LogP contribution < -0.4 is 11.1 Å². The van der Waals surface area contributed by atoms with Gasteiger partial charge < -0.3 is 16.0 Å². The molecule has 0 saturated heterocycles. The lowest BCUT2D eigenvalue weighted by atomic mass is 10.0. The summed E-state index contributed by atoms with van der Waals surface area (Å²) in [4.78, 5) is 7.78. The van der Waals surface area contributed by atoms with Crippen LogP contribution in [0, 0.1) is 0 Å². The number of nitrogens with one attached hydrogen (secondary N) is 2. The topological polar surface area (TPSA) is 66.7 Å². The highest BCUT2D eigenvalue weighted by Gasteiger charge is 2.11. The van der Waals surface area contributed by atoms with Crippen LogP contribution >= 0.6 is 23.2 Å². The van der Waals surface area contributed by atoms with Crippen molar-refractivity contribution in [3.05, 3.63) is 64.3 Å². The summed E-state index contributed by atoms with van der Waals surface area (Å²) >= 11 is 12.1. The molecule has 0 bridgehead atoms. The van der Waals surface area contributed by atoms with E-state index in [1.165, 1.54) is 0 Å². The van der Waals surface area contributed by atoms with Gasteiger partial charge in [0.15, 0.2) is 0 Å². The molecule has 2 aromatic carbocycles. The lowest BCUT2D eigenvalue weighted by Crippen LogP contribution is -2.04. The zero-order valence-corrected chi connectivity index (χ0v) is 14.8.